The van der Waals surface area contributed by atoms with Crippen molar-refractivity contribution in [3.8, 4) is 11.4 Å². The zero-order chi connectivity index (χ0) is 19.7. The van der Waals surface area contributed by atoms with Crippen LogP contribution in [0.15, 0.2) is 48.3 Å². The smallest absolute Gasteiger partial charge is 0.254 e. The number of aromatic amines is 1. The van der Waals surface area contributed by atoms with E-state index in [0.29, 0.717) is 25.4 Å². The zero-order valence-corrected chi connectivity index (χ0v) is 16.6. The average Bonchev–Trinajstić information content (AvgIpc) is 3.33. The van der Waals surface area contributed by atoms with E-state index in [1.54, 1.807) is 12.4 Å². The number of ether oxygens (including phenoxy) is 2. The molecule has 0 radical (unpaired) electrons. The van der Waals surface area contributed by atoms with Gasteiger partial charge in [-0.15, -0.1) is 0 Å². The second-order valence-corrected chi connectivity index (χ2v) is 8.15. The second-order valence-electron chi connectivity index (χ2n) is 8.15. The Morgan fingerprint density at radius 2 is 2.17 bits per heavy atom. The number of fused-ring (bicyclic) bond motifs is 1. The van der Waals surface area contributed by atoms with E-state index in [2.05, 4.69) is 20.9 Å². The lowest BCUT2D eigenvalue weighted by Crippen LogP contribution is -2.59. The van der Waals surface area contributed by atoms with Gasteiger partial charge in [0.15, 0.2) is 0 Å². The van der Waals surface area contributed by atoms with E-state index in [4.69, 9.17) is 9.47 Å². The predicted octanol–water partition coefficient (Wildman–Crippen LogP) is 3.43. The first kappa shape index (κ1) is 18.6. The lowest BCUT2D eigenvalue weighted by molar-refractivity contribution is -0.0738. The number of rotatable bonds is 3. The van der Waals surface area contributed by atoms with Gasteiger partial charge < -0.3 is 19.4 Å². The number of benzene rings is 1. The van der Waals surface area contributed by atoms with Gasteiger partial charge in [-0.2, -0.15) is 0 Å². The molecule has 4 heterocycles. The van der Waals surface area contributed by atoms with E-state index in [0.717, 1.165) is 50.2 Å². The molecule has 0 spiro atoms. The number of nitrogens with zero attached hydrogens (tertiary/aromatic N) is 2. The normalized spacial score (nSPS) is 27.2. The van der Waals surface area contributed by atoms with Gasteiger partial charge in [-0.05, 0) is 31.7 Å². The summed E-state index contributed by atoms with van der Waals surface area (Å²) < 4.78 is 11.5. The van der Waals surface area contributed by atoms with E-state index in [1.165, 1.54) is 5.57 Å². The highest BCUT2D eigenvalue weighted by Gasteiger charge is 2.50. The van der Waals surface area contributed by atoms with Crippen LogP contribution in [0.4, 0.5) is 0 Å². The van der Waals surface area contributed by atoms with Gasteiger partial charge in [0.1, 0.15) is 5.82 Å². The summed E-state index contributed by atoms with van der Waals surface area (Å²) in [5.41, 5.74) is 2.92. The van der Waals surface area contributed by atoms with E-state index in [1.807, 2.05) is 24.3 Å². The third-order valence-corrected chi connectivity index (χ3v) is 6.71. The number of aromatic nitrogens is 2. The van der Waals surface area contributed by atoms with Gasteiger partial charge in [0.05, 0.1) is 25.4 Å². The molecule has 2 fully saturated rings. The molecule has 0 saturated carbocycles. The number of carbonyl (C=O) groups excluding carboxylic acids is 1. The average molecular weight is 393 g/mol. The van der Waals surface area contributed by atoms with Crippen LogP contribution in [0.25, 0.3) is 11.4 Å². The van der Waals surface area contributed by atoms with Crippen molar-refractivity contribution >= 4 is 5.91 Å². The highest BCUT2D eigenvalue weighted by atomic mass is 16.5. The van der Waals surface area contributed by atoms with Gasteiger partial charge in [0, 0.05) is 42.6 Å². The van der Waals surface area contributed by atoms with Gasteiger partial charge in [-0.25, -0.2) is 4.98 Å². The summed E-state index contributed by atoms with van der Waals surface area (Å²) in [6.45, 7) is 3.63. The summed E-state index contributed by atoms with van der Waals surface area (Å²) in [4.78, 5) is 23.4. The number of imidazole rings is 1. The van der Waals surface area contributed by atoms with Crippen LogP contribution in [0.1, 0.15) is 36.0 Å². The van der Waals surface area contributed by atoms with Gasteiger partial charge in [0.2, 0.25) is 0 Å². The Labute approximate surface area is 170 Å². The maximum Gasteiger partial charge on any atom is 0.254 e. The predicted molar refractivity (Wildman–Crippen MR) is 109 cm³/mol. The van der Waals surface area contributed by atoms with Crippen molar-refractivity contribution in [3.05, 3.63) is 53.9 Å². The monoisotopic (exact) mass is 393 g/mol. The van der Waals surface area contributed by atoms with E-state index in [9.17, 15) is 4.79 Å². The van der Waals surface area contributed by atoms with Crippen LogP contribution < -0.4 is 0 Å². The summed E-state index contributed by atoms with van der Waals surface area (Å²) in [7, 11) is 0. The quantitative estimate of drug-likeness (QED) is 0.812. The Hall–Kier alpha value is -2.44. The third-order valence-electron chi connectivity index (χ3n) is 6.71. The van der Waals surface area contributed by atoms with E-state index in [-0.39, 0.29) is 17.4 Å². The molecular weight excluding hydrogens is 366 g/mol. The first-order valence-corrected chi connectivity index (χ1v) is 10.5. The van der Waals surface area contributed by atoms with Crippen LogP contribution in [-0.2, 0) is 9.47 Å². The van der Waals surface area contributed by atoms with Crippen molar-refractivity contribution in [2.45, 2.75) is 31.7 Å². The molecule has 6 nitrogen and oxygen atoms in total. The molecule has 1 amide bonds. The van der Waals surface area contributed by atoms with Crippen molar-refractivity contribution in [2.75, 3.05) is 33.0 Å². The number of hydrogen-bond donors (Lipinski definition) is 1. The fraction of sp³-hybridized carbons (Fsp3) is 0.478. The lowest BCUT2D eigenvalue weighted by atomic mass is 9.65. The maximum atomic E-state index is 13.8. The van der Waals surface area contributed by atoms with Crippen molar-refractivity contribution in [1.82, 2.24) is 14.9 Å². The van der Waals surface area contributed by atoms with E-state index < -0.39 is 0 Å². The number of H-pyrrole nitrogens is 1. The number of nitrogens with one attached hydrogen (secondary N) is 1. The Balaban J connectivity index is 1.51. The summed E-state index contributed by atoms with van der Waals surface area (Å²) in [5.74, 6) is 0.831. The lowest BCUT2D eigenvalue weighted by Gasteiger charge is -2.54. The van der Waals surface area contributed by atoms with Gasteiger partial charge in [-0.3, -0.25) is 4.79 Å². The zero-order valence-electron chi connectivity index (χ0n) is 16.6. The Morgan fingerprint density at radius 3 is 3.00 bits per heavy atom. The molecule has 1 N–H and O–H groups in total. The third kappa shape index (κ3) is 3.20. The Morgan fingerprint density at radius 1 is 1.24 bits per heavy atom. The molecule has 0 bridgehead atoms. The van der Waals surface area contributed by atoms with Crippen molar-refractivity contribution in [1.29, 1.82) is 0 Å². The fourth-order valence-corrected chi connectivity index (χ4v) is 5.37. The summed E-state index contributed by atoms with van der Waals surface area (Å²) in [6, 6.07) is 7.95. The molecule has 5 rings (SSSR count). The van der Waals surface area contributed by atoms with E-state index >= 15 is 0 Å². The molecule has 3 aliphatic rings. The highest BCUT2D eigenvalue weighted by molar-refractivity contribution is 6.00. The molecular formula is C23H27N3O3. The second kappa shape index (κ2) is 7.76. The molecule has 1 aromatic carbocycles. The molecule has 0 aliphatic carbocycles. The highest BCUT2D eigenvalue weighted by Crippen LogP contribution is 2.48. The molecule has 29 heavy (non-hydrogen) atoms. The maximum absolute atomic E-state index is 13.8. The van der Waals surface area contributed by atoms with Crippen molar-refractivity contribution in [2.24, 2.45) is 5.41 Å². The fourth-order valence-electron chi connectivity index (χ4n) is 5.37. The van der Waals surface area contributed by atoms with Crippen LogP contribution in [0.5, 0.6) is 0 Å². The molecule has 2 saturated heterocycles. The van der Waals surface area contributed by atoms with Gasteiger partial charge in [0.25, 0.3) is 5.91 Å². The van der Waals surface area contributed by atoms with Gasteiger partial charge >= 0.3 is 0 Å². The summed E-state index contributed by atoms with van der Waals surface area (Å²) in [6.07, 6.45) is 9.63. The minimum Gasteiger partial charge on any atom is -0.380 e. The summed E-state index contributed by atoms with van der Waals surface area (Å²) in [5, 5.41) is 0. The van der Waals surface area contributed by atoms with Crippen LogP contribution in [0.2, 0.25) is 0 Å². The molecule has 2 atom stereocenters. The topological polar surface area (TPSA) is 67.5 Å². The molecule has 3 aliphatic heterocycles. The molecule has 2 aromatic rings. The first-order valence-electron chi connectivity index (χ1n) is 10.5. The van der Waals surface area contributed by atoms with Crippen LogP contribution in [-0.4, -0.2) is 59.8 Å². The van der Waals surface area contributed by atoms with Crippen LogP contribution in [0.3, 0.4) is 0 Å². The largest absolute Gasteiger partial charge is 0.380 e. The van der Waals surface area contributed by atoms with Crippen LogP contribution in [0, 0.1) is 5.41 Å². The molecule has 152 valence electrons. The number of hydrogen-bond acceptors (Lipinski definition) is 4. The molecule has 1 aromatic heterocycles. The number of carbonyl (C=O) groups is 1. The minimum absolute atomic E-state index is 0.0738. The number of likely N-dealkylation sites (tertiary alicyclic amines) is 1. The Bertz CT molecular complexity index is 904. The SMILES string of the molecule is O=C(c1ccccc1-c1ncc[nH]1)N1CCC[C@@]2(C3=CCOCC3)COCC[C@H]12. The molecule has 0 unspecified atom stereocenters. The van der Waals surface area contributed by atoms with Crippen LogP contribution >= 0.6 is 0 Å². The summed E-state index contributed by atoms with van der Waals surface area (Å²) >= 11 is 0. The van der Waals surface area contributed by atoms with Crippen molar-refractivity contribution < 1.29 is 14.3 Å². The standard InChI is InChI=1S/C23H27N3O3/c27-22(19-5-2-1-4-18(19)21-24-10-11-25-21)26-12-3-9-23(16-29-15-8-20(23)26)17-6-13-28-14-7-17/h1-2,4-6,10-11,20H,3,7-9,12-16H2,(H,24,25)/t20-,23-/m0/s1. The minimum atomic E-state index is -0.0738. The van der Waals surface area contributed by atoms with Crippen molar-refractivity contribution in [3.63, 3.8) is 0 Å². The van der Waals surface area contributed by atoms with Gasteiger partial charge in [-0.1, -0.05) is 29.8 Å². The number of amides is 1. The molecule has 6 heteroatoms. The number of piperidine rings is 1. The first-order chi connectivity index (χ1) is 14.3. The Kier molecular flexibility index (Phi) is 4.97.